The van der Waals surface area contributed by atoms with Crippen molar-refractivity contribution in [3.05, 3.63) is 0 Å². The standard InChI is InChI=1S/C13H26N2O3/c1-2-3-4-5-7-15(8-9-16)13(17)12-11-14-6-10-18-12/h12,14,16H,2-11H2,1H3. The summed E-state index contributed by atoms with van der Waals surface area (Å²) in [6, 6.07) is 0. The Bertz CT molecular complexity index is 230. The Morgan fingerprint density at radius 3 is 2.83 bits per heavy atom. The van der Waals surface area contributed by atoms with E-state index in [1.165, 1.54) is 12.8 Å². The first-order valence-electron chi connectivity index (χ1n) is 7.01. The van der Waals surface area contributed by atoms with Crippen LogP contribution in [-0.4, -0.2) is 61.4 Å². The highest BCUT2D eigenvalue weighted by atomic mass is 16.5. The molecule has 0 bridgehead atoms. The summed E-state index contributed by atoms with van der Waals surface area (Å²) in [4.78, 5) is 13.9. The lowest BCUT2D eigenvalue weighted by Gasteiger charge is -2.29. The molecule has 5 nitrogen and oxygen atoms in total. The maximum absolute atomic E-state index is 12.2. The second kappa shape index (κ2) is 9.30. The molecule has 1 amide bonds. The van der Waals surface area contributed by atoms with Crippen LogP contribution in [0.3, 0.4) is 0 Å². The smallest absolute Gasteiger partial charge is 0.253 e. The Balaban J connectivity index is 2.35. The highest BCUT2D eigenvalue weighted by molar-refractivity contribution is 5.81. The highest BCUT2D eigenvalue weighted by Gasteiger charge is 2.26. The third-order valence-electron chi connectivity index (χ3n) is 3.17. The van der Waals surface area contributed by atoms with Gasteiger partial charge in [0.25, 0.3) is 5.91 Å². The average molecular weight is 258 g/mol. The normalized spacial score (nSPS) is 19.8. The molecule has 0 aliphatic carbocycles. The molecule has 18 heavy (non-hydrogen) atoms. The van der Waals surface area contributed by atoms with Crippen LogP contribution in [0.2, 0.25) is 0 Å². The molecule has 1 heterocycles. The largest absolute Gasteiger partial charge is 0.395 e. The molecule has 1 aliphatic rings. The average Bonchev–Trinajstić information content (AvgIpc) is 2.42. The Kier molecular flexibility index (Phi) is 7.96. The molecular weight excluding hydrogens is 232 g/mol. The summed E-state index contributed by atoms with van der Waals surface area (Å²) < 4.78 is 5.46. The van der Waals surface area contributed by atoms with Crippen LogP contribution in [0.5, 0.6) is 0 Å². The molecule has 1 fully saturated rings. The maximum atomic E-state index is 12.2. The first-order chi connectivity index (χ1) is 8.79. The van der Waals surface area contributed by atoms with Crippen molar-refractivity contribution >= 4 is 5.91 Å². The maximum Gasteiger partial charge on any atom is 0.253 e. The molecule has 0 spiro atoms. The number of ether oxygens (including phenoxy) is 1. The van der Waals surface area contributed by atoms with Gasteiger partial charge in [-0.25, -0.2) is 0 Å². The lowest BCUT2D eigenvalue weighted by atomic mass is 10.2. The van der Waals surface area contributed by atoms with Crippen molar-refractivity contribution < 1.29 is 14.6 Å². The summed E-state index contributed by atoms with van der Waals surface area (Å²) in [5.41, 5.74) is 0. The Labute approximate surface area is 109 Å². The number of rotatable bonds is 8. The van der Waals surface area contributed by atoms with E-state index < -0.39 is 0 Å². The van der Waals surface area contributed by atoms with Crippen LogP contribution < -0.4 is 5.32 Å². The monoisotopic (exact) mass is 258 g/mol. The fraction of sp³-hybridized carbons (Fsp3) is 0.923. The second-order valence-corrected chi connectivity index (χ2v) is 4.67. The van der Waals surface area contributed by atoms with Gasteiger partial charge in [0.15, 0.2) is 0 Å². The molecule has 1 atom stereocenters. The summed E-state index contributed by atoms with van der Waals surface area (Å²) in [5.74, 6) is 0.00717. The van der Waals surface area contributed by atoms with Crippen LogP contribution in [0, 0.1) is 0 Å². The van der Waals surface area contributed by atoms with Crippen molar-refractivity contribution in [2.24, 2.45) is 0 Å². The van der Waals surface area contributed by atoms with Crippen molar-refractivity contribution in [1.29, 1.82) is 0 Å². The van der Waals surface area contributed by atoms with Gasteiger partial charge in [-0.3, -0.25) is 4.79 Å². The molecule has 0 aromatic rings. The first-order valence-corrected chi connectivity index (χ1v) is 7.01. The van der Waals surface area contributed by atoms with E-state index in [-0.39, 0.29) is 18.6 Å². The summed E-state index contributed by atoms with van der Waals surface area (Å²) in [6.07, 6.45) is 4.14. The van der Waals surface area contributed by atoms with Gasteiger partial charge >= 0.3 is 0 Å². The van der Waals surface area contributed by atoms with Crippen LogP contribution in [0.15, 0.2) is 0 Å². The number of unbranched alkanes of at least 4 members (excludes halogenated alkanes) is 3. The zero-order valence-corrected chi connectivity index (χ0v) is 11.4. The molecule has 0 radical (unpaired) electrons. The van der Waals surface area contributed by atoms with Gasteiger partial charge in [-0.05, 0) is 6.42 Å². The number of aliphatic hydroxyl groups is 1. The summed E-state index contributed by atoms with van der Waals surface area (Å²) in [7, 11) is 0. The summed E-state index contributed by atoms with van der Waals surface area (Å²) in [6.45, 7) is 5.27. The zero-order chi connectivity index (χ0) is 13.2. The van der Waals surface area contributed by atoms with Gasteiger partial charge in [-0.2, -0.15) is 0 Å². The molecule has 1 rings (SSSR count). The molecule has 1 saturated heterocycles. The van der Waals surface area contributed by atoms with E-state index in [9.17, 15) is 4.79 Å². The van der Waals surface area contributed by atoms with Crippen molar-refractivity contribution in [3.63, 3.8) is 0 Å². The van der Waals surface area contributed by atoms with Gasteiger partial charge in [0.2, 0.25) is 0 Å². The Hall–Kier alpha value is -0.650. The molecular formula is C13H26N2O3. The van der Waals surface area contributed by atoms with E-state index in [1.54, 1.807) is 4.90 Å². The minimum Gasteiger partial charge on any atom is -0.395 e. The molecule has 5 heteroatoms. The van der Waals surface area contributed by atoms with Gasteiger partial charge in [0.1, 0.15) is 6.10 Å². The van der Waals surface area contributed by atoms with Crippen molar-refractivity contribution in [2.45, 2.75) is 38.7 Å². The Morgan fingerprint density at radius 1 is 1.39 bits per heavy atom. The van der Waals surface area contributed by atoms with E-state index in [1.807, 2.05) is 0 Å². The predicted octanol–water partition coefficient (Wildman–Crippen LogP) is 0.376. The van der Waals surface area contributed by atoms with Gasteiger partial charge in [0, 0.05) is 26.2 Å². The van der Waals surface area contributed by atoms with Crippen molar-refractivity contribution in [3.8, 4) is 0 Å². The van der Waals surface area contributed by atoms with E-state index in [0.717, 1.165) is 25.9 Å². The molecule has 106 valence electrons. The zero-order valence-electron chi connectivity index (χ0n) is 11.4. The molecule has 0 aromatic heterocycles. The fourth-order valence-corrected chi connectivity index (χ4v) is 2.11. The number of morpholine rings is 1. The Morgan fingerprint density at radius 2 is 2.22 bits per heavy atom. The molecule has 0 saturated carbocycles. The number of carbonyl (C=O) groups excluding carboxylic acids is 1. The third kappa shape index (κ3) is 5.33. The minimum absolute atomic E-state index is 0.00717. The topological polar surface area (TPSA) is 61.8 Å². The molecule has 0 aromatic carbocycles. The van der Waals surface area contributed by atoms with E-state index in [2.05, 4.69) is 12.2 Å². The van der Waals surface area contributed by atoms with Crippen LogP contribution >= 0.6 is 0 Å². The lowest BCUT2D eigenvalue weighted by molar-refractivity contribution is -0.145. The van der Waals surface area contributed by atoms with Gasteiger partial charge in [0.05, 0.1) is 13.2 Å². The first kappa shape index (κ1) is 15.4. The lowest BCUT2D eigenvalue weighted by Crippen LogP contribution is -2.50. The SMILES string of the molecule is CCCCCCN(CCO)C(=O)C1CNCCO1. The summed E-state index contributed by atoms with van der Waals surface area (Å²) in [5, 5.41) is 12.2. The van der Waals surface area contributed by atoms with Crippen LogP contribution in [0.4, 0.5) is 0 Å². The summed E-state index contributed by atoms with van der Waals surface area (Å²) >= 11 is 0. The van der Waals surface area contributed by atoms with Crippen LogP contribution in [-0.2, 0) is 9.53 Å². The highest BCUT2D eigenvalue weighted by Crippen LogP contribution is 2.06. The number of aliphatic hydroxyl groups excluding tert-OH is 1. The second-order valence-electron chi connectivity index (χ2n) is 4.67. The number of nitrogens with one attached hydrogen (secondary N) is 1. The van der Waals surface area contributed by atoms with E-state index >= 15 is 0 Å². The van der Waals surface area contributed by atoms with Gasteiger partial charge < -0.3 is 20.1 Å². The van der Waals surface area contributed by atoms with Gasteiger partial charge in [-0.15, -0.1) is 0 Å². The van der Waals surface area contributed by atoms with Crippen molar-refractivity contribution in [2.75, 3.05) is 39.4 Å². The van der Waals surface area contributed by atoms with Crippen molar-refractivity contribution in [1.82, 2.24) is 10.2 Å². The molecule has 2 N–H and O–H groups in total. The minimum atomic E-state index is -0.378. The van der Waals surface area contributed by atoms with E-state index in [4.69, 9.17) is 9.84 Å². The quantitative estimate of drug-likeness (QED) is 0.618. The third-order valence-corrected chi connectivity index (χ3v) is 3.17. The number of nitrogens with zero attached hydrogens (tertiary/aromatic N) is 1. The number of hydrogen-bond acceptors (Lipinski definition) is 4. The molecule has 1 aliphatic heterocycles. The number of hydrogen-bond donors (Lipinski definition) is 2. The van der Waals surface area contributed by atoms with Crippen LogP contribution in [0.1, 0.15) is 32.6 Å². The fourth-order valence-electron chi connectivity index (χ4n) is 2.11. The van der Waals surface area contributed by atoms with E-state index in [0.29, 0.717) is 19.7 Å². The number of carbonyl (C=O) groups is 1. The number of amides is 1. The molecule has 1 unspecified atom stereocenters. The van der Waals surface area contributed by atoms with Gasteiger partial charge in [-0.1, -0.05) is 26.2 Å². The van der Waals surface area contributed by atoms with Crippen LogP contribution in [0.25, 0.3) is 0 Å². The predicted molar refractivity (Wildman–Crippen MR) is 70.4 cm³/mol.